The van der Waals surface area contributed by atoms with Crippen molar-refractivity contribution in [2.75, 3.05) is 17.1 Å². The molecule has 35 heavy (non-hydrogen) atoms. The molecule has 0 spiro atoms. The normalized spacial score (nSPS) is 15.4. The SMILES string of the molecule is CNC(=O)c1cc(C#N)cc(C)c1N1C(Cn2nnc(C(F)(F)F)n2)C=CN1c1ncccc1Cl. The van der Waals surface area contributed by atoms with Crippen LogP contribution >= 0.6 is 11.6 Å². The lowest BCUT2D eigenvalue weighted by Gasteiger charge is -2.37. The number of benzene rings is 1. The fraction of sp³-hybridized carbons (Fsp3) is 0.238. The summed E-state index contributed by atoms with van der Waals surface area (Å²) < 4.78 is 39.0. The van der Waals surface area contributed by atoms with Gasteiger partial charge in [-0.2, -0.15) is 23.2 Å². The van der Waals surface area contributed by atoms with Crippen LogP contribution in [0, 0.1) is 18.3 Å². The Balaban J connectivity index is 1.85. The number of amides is 1. The van der Waals surface area contributed by atoms with E-state index in [-0.39, 0.29) is 17.7 Å². The number of nitrogens with one attached hydrogen (secondary N) is 1. The fourth-order valence-electron chi connectivity index (χ4n) is 3.68. The summed E-state index contributed by atoms with van der Waals surface area (Å²) in [5, 5.41) is 25.5. The summed E-state index contributed by atoms with van der Waals surface area (Å²) in [6.07, 6.45) is 0.103. The predicted octanol–water partition coefficient (Wildman–Crippen LogP) is 3.10. The highest BCUT2D eigenvalue weighted by Crippen LogP contribution is 2.37. The fourth-order valence-corrected chi connectivity index (χ4v) is 3.89. The molecule has 2 aromatic heterocycles. The zero-order valence-electron chi connectivity index (χ0n) is 18.3. The van der Waals surface area contributed by atoms with E-state index in [9.17, 15) is 23.2 Å². The number of aryl methyl sites for hydroxylation is 1. The molecule has 0 bridgehead atoms. The number of nitrogens with zero attached hydrogens (tertiary/aromatic N) is 8. The van der Waals surface area contributed by atoms with Gasteiger partial charge in [0.1, 0.15) is 0 Å². The number of rotatable bonds is 5. The van der Waals surface area contributed by atoms with Crippen LogP contribution in [0.15, 0.2) is 42.7 Å². The molecule has 180 valence electrons. The third-order valence-corrected chi connectivity index (χ3v) is 5.43. The Morgan fingerprint density at radius 1 is 1.34 bits per heavy atom. The first-order valence-electron chi connectivity index (χ1n) is 10.1. The van der Waals surface area contributed by atoms with E-state index in [0.29, 0.717) is 22.1 Å². The summed E-state index contributed by atoms with van der Waals surface area (Å²) in [6.45, 7) is 1.57. The number of alkyl halides is 3. The first-order valence-corrected chi connectivity index (χ1v) is 10.5. The summed E-state index contributed by atoms with van der Waals surface area (Å²) in [6, 6.07) is 7.67. The Labute approximate surface area is 202 Å². The molecular weight excluding hydrogens is 487 g/mol. The van der Waals surface area contributed by atoms with Crippen LogP contribution in [0.5, 0.6) is 0 Å². The molecule has 0 radical (unpaired) electrons. The maximum Gasteiger partial charge on any atom is 0.455 e. The Morgan fingerprint density at radius 3 is 2.74 bits per heavy atom. The molecule has 1 aliphatic rings. The molecule has 14 heteroatoms. The van der Waals surface area contributed by atoms with Crippen molar-refractivity contribution >= 4 is 29.0 Å². The second-order valence-corrected chi connectivity index (χ2v) is 7.86. The molecule has 3 heterocycles. The highest BCUT2D eigenvalue weighted by Gasteiger charge is 2.38. The second kappa shape index (κ2) is 9.22. The molecule has 0 aliphatic carbocycles. The van der Waals surface area contributed by atoms with Crippen molar-refractivity contribution in [3.8, 4) is 6.07 Å². The lowest BCUT2D eigenvalue weighted by molar-refractivity contribution is -0.145. The van der Waals surface area contributed by atoms with E-state index in [0.717, 1.165) is 4.80 Å². The van der Waals surface area contributed by atoms with Crippen molar-refractivity contribution in [3.63, 3.8) is 0 Å². The maximum atomic E-state index is 13.0. The topological polar surface area (TPSA) is 116 Å². The standard InChI is InChI=1S/C21H17ClF3N9O/c1-12-8-13(10-26)9-15(19(35)27-2)17(12)34-14(11-33-30-20(29-31-33)21(23,24)25)5-7-32(34)18-16(22)4-3-6-28-18/h3-9,14H,11H2,1-2H3,(H,27,35). The number of halogens is 4. The van der Waals surface area contributed by atoms with Gasteiger partial charge in [-0.3, -0.25) is 9.80 Å². The number of aromatic nitrogens is 5. The number of hydrazine groups is 1. The van der Waals surface area contributed by atoms with Crippen molar-refractivity contribution in [3.05, 3.63) is 70.3 Å². The van der Waals surface area contributed by atoms with Gasteiger partial charge in [-0.25, -0.2) is 9.99 Å². The highest BCUT2D eigenvalue weighted by molar-refractivity contribution is 6.33. The number of carbonyl (C=O) groups is 1. The van der Waals surface area contributed by atoms with Gasteiger partial charge < -0.3 is 5.32 Å². The predicted molar refractivity (Wildman–Crippen MR) is 119 cm³/mol. The molecule has 4 rings (SSSR count). The molecular formula is C21H17ClF3N9O. The average Bonchev–Trinajstić information content (AvgIpc) is 3.46. The minimum atomic E-state index is -4.74. The van der Waals surface area contributed by atoms with Crippen molar-refractivity contribution < 1.29 is 18.0 Å². The first-order chi connectivity index (χ1) is 16.6. The number of pyridine rings is 1. The van der Waals surface area contributed by atoms with Crippen molar-refractivity contribution in [2.24, 2.45) is 0 Å². The molecule has 1 amide bonds. The number of tetrazole rings is 1. The lowest BCUT2D eigenvalue weighted by atomic mass is 10.0. The lowest BCUT2D eigenvalue weighted by Crippen LogP contribution is -2.45. The quantitative estimate of drug-likeness (QED) is 0.564. The van der Waals surface area contributed by atoms with Crippen molar-refractivity contribution in [1.29, 1.82) is 5.26 Å². The Bertz CT molecular complexity index is 1350. The highest BCUT2D eigenvalue weighted by atomic mass is 35.5. The van der Waals surface area contributed by atoms with E-state index in [1.807, 2.05) is 6.07 Å². The summed E-state index contributed by atoms with van der Waals surface area (Å²) in [5.74, 6) is -1.51. The summed E-state index contributed by atoms with van der Waals surface area (Å²) in [7, 11) is 1.45. The molecule has 1 aliphatic heterocycles. The Morgan fingerprint density at radius 2 is 2.11 bits per heavy atom. The van der Waals surface area contributed by atoms with E-state index in [1.54, 1.807) is 47.4 Å². The third-order valence-electron chi connectivity index (χ3n) is 5.14. The van der Waals surface area contributed by atoms with Crippen LogP contribution in [0.25, 0.3) is 0 Å². The minimum absolute atomic E-state index is 0.146. The Kier molecular flexibility index (Phi) is 6.31. The van der Waals surface area contributed by atoms with Crippen LogP contribution in [0.1, 0.15) is 27.3 Å². The van der Waals surface area contributed by atoms with E-state index in [1.165, 1.54) is 19.3 Å². The van der Waals surface area contributed by atoms with Gasteiger partial charge >= 0.3 is 6.18 Å². The molecule has 3 aromatic rings. The summed E-state index contributed by atoms with van der Waals surface area (Å²) in [5.41, 5.74) is 1.41. The number of hydrogen-bond acceptors (Lipinski definition) is 8. The average molecular weight is 504 g/mol. The van der Waals surface area contributed by atoms with E-state index < -0.39 is 23.9 Å². The molecule has 1 atom stereocenters. The van der Waals surface area contributed by atoms with Gasteiger partial charge in [-0.05, 0) is 48.0 Å². The molecule has 0 fully saturated rings. The smallest absolute Gasteiger partial charge is 0.355 e. The van der Waals surface area contributed by atoms with Crippen molar-refractivity contribution in [1.82, 2.24) is 30.5 Å². The van der Waals surface area contributed by atoms with Gasteiger partial charge in [0.25, 0.3) is 11.7 Å². The van der Waals surface area contributed by atoms with Crippen LogP contribution in [-0.2, 0) is 12.7 Å². The molecule has 1 unspecified atom stereocenters. The van der Waals surface area contributed by atoms with Crippen LogP contribution in [0.4, 0.5) is 24.7 Å². The van der Waals surface area contributed by atoms with E-state index >= 15 is 0 Å². The van der Waals surface area contributed by atoms with Crippen molar-refractivity contribution in [2.45, 2.75) is 25.7 Å². The van der Waals surface area contributed by atoms with E-state index in [2.05, 4.69) is 25.7 Å². The molecule has 1 N–H and O–H groups in total. The minimum Gasteiger partial charge on any atom is -0.355 e. The van der Waals surface area contributed by atoms with Gasteiger partial charge in [-0.15, -0.1) is 10.2 Å². The Hall–Kier alpha value is -4.18. The third kappa shape index (κ3) is 4.60. The van der Waals surface area contributed by atoms with Gasteiger partial charge in [-0.1, -0.05) is 11.6 Å². The summed E-state index contributed by atoms with van der Waals surface area (Å²) >= 11 is 6.38. The van der Waals surface area contributed by atoms with Crippen LogP contribution in [0.3, 0.4) is 0 Å². The zero-order valence-corrected chi connectivity index (χ0v) is 19.1. The van der Waals surface area contributed by atoms with Gasteiger partial charge in [0.15, 0.2) is 5.82 Å². The van der Waals surface area contributed by atoms with Crippen LogP contribution in [0.2, 0.25) is 5.02 Å². The second-order valence-electron chi connectivity index (χ2n) is 7.45. The summed E-state index contributed by atoms with van der Waals surface area (Å²) in [4.78, 5) is 18.0. The number of nitriles is 1. The number of carbonyl (C=O) groups excluding carboxylic acids is 1. The maximum absolute atomic E-state index is 13.0. The van der Waals surface area contributed by atoms with E-state index in [4.69, 9.17) is 11.6 Å². The largest absolute Gasteiger partial charge is 0.455 e. The van der Waals surface area contributed by atoms with Gasteiger partial charge in [0.2, 0.25) is 0 Å². The zero-order chi connectivity index (χ0) is 25.3. The van der Waals surface area contributed by atoms with Crippen LogP contribution < -0.4 is 15.3 Å². The van der Waals surface area contributed by atoms with Gasteiger partial charge in [0.05, 0.1) is 40.5 Å². The number of hydrogen-bond donors (Lipinski definition) is 1. The molecule has 0 saturated carbocycles. The first kappa shape index (κ1) is 24.0. The van der Waals surface area contributed by atoms with Gasteiger partial charge in [0, 0.05) is 19.4 Å². The molecule has 10 nitrogen and oxygen atoms in total. The van der Waals surface area contributed by atoms with Crippen LogP contribution in [-0.4, -0.2) is 44.2 Å². The molecule has 1 aromatic carbocycles. The molecule has 0 saturated heterocycles. The monoisotopic (exact) mass is 503 g/mol. The number of anilines is 2.